The maximum atomic E-state index is 10.8. The van der Waals surface area contributed by atoms with Crippen LogP contribution in [0.5, 0.6) is 11.5 Å². The number of rotatable bonds is 9. The number of nitrogens with zero attached hydrogens (tertiary/aromatic N) is 3. The van der Waals surface area contributed by atoms with E-state index in [1.54, 1.807) is 12.1 Å². The Balaban J connectivity index is 1.80. The summed E-state index contributed by atoms with van der Waals surface area (Å²) in [7, 11) is 0. The molecule has 1 aromatic heterocycles. The first-order chi connectivity index (χ1) is 16.6. The van der Waals surface area contributed by atoms with Gasteiger partial charge < -0.3 is 10.2 Å². The molecular formula is C29H31N3O2. The first kappa shape index (κ1) is 23.4. The van der Waals surface area contributed by atoms with E-state index in [4.69, 9.17) is 0 Å². The molecule has 0 amide bonds. The van der Waals surface area contributed by atoms with Crippen LogP contribution in [0.25, 0.3) is 34.2 Å². The number of aromatic nitrogens is 3. The van der Waals surface area contributed by atoms with Gasteiger partial charge in [0.15, 0.2) is 17.5 Å². The molecule has 0 saturated carbocycles. The Morgan fingerprint density at radius 1 is 0.588 bits per heavy atom. The molecule has 0 atom stereocenters. The van der Waals surface area contributed by atoms with E-state index in [0.717, 1.165) is 55.2 Å². The second-order valence-corrected chi connectivity index (χ2v) is 8.58. The molecule has 5 heteroatoms. The SMILES string of the molecule is CCCCc1ccc(-c2nc(-c3ccccc3)nc(-c3ccc(CCCC)cc3O)n2)c(O)c1. The van der Waals surface area contributed by atoms with E-state index in [2.05, 4.69) is 28.8 Å². The Hall–Kier alpha value is -3.73. The fourth-order valence-corrected chi connectivity index (χ4v) is 3.94. The van der Waals surface area contributed by atoms with Crippen LogP contribution in [0.1, 0.15) is 50.7 Å². The van der Waals surface area contributed by atoms with Crippen LogP contribution in [0.15, 0.2) is 66.7 Å². The molecule has 0 radical (unpaired) electrons. The lowest BCUT2D eigenvalue weighted by atomic mass is 10.0. The number of hydrogen-bond acceptors (Lipinski definition) is 5. The van der Waals surface area contributed by atoms with E-state index in [0.29, 0.717) is 28.6 Å². The molecule has 0 aliphatic carbocycles. The third-order valence-electron chi connectivity index (χ3n) is 5.91. The third kappa shape index (κ3) is 5.42. The zero-order valence-corrected chi connectivity index (χ0v) is 19.8. The Kier molecular flexibility index (Phi) is 7.53. The largest absolute Gasteiger partial charge is 0.507 e. The highest BCUT2D eigenvalue weighted by atomic mass is 16.3. The molecule has 0 aliphatic heterocycles. The van der Waals surface area contributed by atoms with Crippen molar-refractivity contribution in [2.45, 2.75) is 52.4 Å². The van der Waals surface area contributed by atoms with Crippen molar-refractivity contribution in [1.29, 1.82) is 0 Å². The molecule has 0 saturated heterocycles. The van der Waals surface area contributed by atoms with Crippen molar-refractivity contribution in [3.63, 3.8) is 0 Å². The quantitative estimate of drug-likeness (QED) is 0.286. The van der Waals surface area contributed by atoms with Gasteiger partial charge in [0.05, 0.1) is 11.1 Å². The Morgan fingerprint density at radius 2 is 1.06 bits per heavy atom. The zero-order chi connectivity index (χ0) is 23.9. The highest BCUT2D eigenvalue weighted by Crippen LogP contribution is 2.33. The Morgan fingerprint density at radius 3 is 1.50 bits per heavy atom. The van der Waals surface area contributed by atoms with Gasteiger partial charge in [-0.25, -0.2) is 15.0 Å². The fourth-order valence-electron chi connectivity index (χ4n) is 3.94. The van der Waals surface area contributed by atoms with Crippen molar-refractivity contribution >= 4 is 0 Å². The van der Waals surface area contributed by atoms with E-state index < -0.39 is 0 Å². The predicted octanol–water partition coefficient (Wildman–Crippen LogP) is 6.97. The number of phenols is 2. The second kappa shape index (κ2) is 10.9. The van der Waals surface area contributed by atoms with Crippen LogP contribution < -0.4 is 0 Å². The molecule has 0 fully saturated rings. The van der Waals surface area contributed by atoms with Crippen molar-refractivity contribution in [3.05, 3.63) is 77.9 Å². The minimum absolute atomic E-state index is 0.143. The lowest BCUT2D eigenvalue weighted by Gasteiger charge is -2.11. The van der Waals surface area contributed by atoms with Gasteiger partial charge in [-0.3, -0.25) is 0 Å². The summed E-state index contributed by atoms with van der Waals surface area (Å²) in [6.45, 7) is 4.30. The molecule has 4 rings (SSSR count). The second-order valence-electron chi connectivity index (χ2n) is 8.58. The predicted molar refractivity (Wildman–Crippen MR) is 137 cm³/mol. The third-order valence-corrected chi connectivity index (χ3v) is 5.91. The summed E-state index contributed by atoms with van der Waals surface area (Å²) in [6, 6.07) is 21.0. The lowest BCUT2D eigenvalue weighted by Crippen LogP contribution is -2.01. The normalized spacial score (nSPS) is 11.0. The van der Waals surface area contributed by atoms with E-state index in [-0.39, 0.29) is 11.5 Å². The summed E-state index contributed by atoms with van der Waals surface area (Å²) in [6.07, 6.45) is 6.17. The van der Waals surface area contributed by atoms with Gasteiger partial charge in [-0.2, -0.15) is 0 Å². The molecule has 5 nitrogen and oxygen atoms in total. The van der Waals surface area contributed by atoms with Gasteiger partial charge in [0.1, 0.15) is 11.5 Å². The van der Waals surface area contributed by atoms with E-state index in [1.807, 2.05) is 54.6 Å². The first-order valence-corrected chi connectivity index (χ1v) is 12.0. The van der Waals surface area contributed by atoms with Crippen molar-refractivity contribution in [1.82, 2.24) is 15.0 Å². The number of hydrogen-bond donors (Lipinski definition) is 2. The van der Waals surface area contributed by atoms with E-state index in [1.165, 1.54) is 0 Å². The number of unbranched alkanes of at least 4 members (excludes halogenated alkanes) is 2. The average Bonchev–Trinajstić information content (AvgIpc) is 2.86. The summed E-state index contributed by atoms with van der Waals surface area (Å²) >= 11 is 0. The Labute approximate surface area is 201 Å². The number of aryl methyl sites for hydroxylation is 2. The van der Waals surface area contributed by atoms with Crippen LogP contribution in [0.2, 0.25) is 0 Å². The average molecular weight is 454 g/mol. The summed E-state index contributed by atoms with van der Waals surface area (Å²) in [5.41, 5.74) is 4.09. The van der Waals surface area contributed by atoms with Gasteiger partial charge in [-0.15, -0.1) is 0 Å². The first-order valence-electron chi connectivity index (χ1n) is 12.0. The van der Waals surface area contributed by atoms with Crippen LogP contribution >= 0.6 is 0 Å². The molecule has 4 aromatic rings. The topological polar surface area (TPSA) is 79.1 Å². The van der Waals surface area contributed by atoms with Gasteiger partial charge >= 0.3 is 0 Å². The minimum Gasteiger partial charge on any atom is -0.507 e. The molecule has 3 aromatic carbocycles. The number of benzene rings is 3. The van der Waals surface area contributed by atoms with E-state index in [9.17, 15) is 10.2 Å². The molecule has 1 heterocycles. The molecule has 0 unspecified atom stereocenters. The summed E-state index contributed by atoms with van der Waals surface area (Å²) in [5, 5.41) is 21.6. The molecular weight excluding hydrogens is 422 g/mol. The molecule has 2 N–H and O–H groups in total. The standard InChI is InChI=1S/C29H31N3O2/c1-3-5-10-20-14-16-23(25(33)18-20)28-30-27(22-12-8-7-9-13-22)31-29(32-28)24-17-15-21(11-6-4-2)19-26(24)34/h7-9,12-19,33-34H,3-6,10-11H2,1-2H3. The zero-order valence-electron chi connectivity index (χ0n) is 19.8. The van der Waals surface area contributed by atoms with Crippen LogP contribution in [0.4, 0.5) is 0 Å². The van der Waals surface area contributed by atoms with Gasteiger partial charge in [0.25, 0.3) is 0 Å². The van der Waals surface area contributed by atoms with Crippen molar-refractivity contribution in [2.24, 2.45) is 0 Å². The van der Waals surface area contributed by atoms with Crippen LogP contribution in [0, 0.1) is 0 Å². The van der Waals surface area contributed by atoms with Crippen LogP contribution in [-0.4, -0.2) is 25.2 Å². The summed E-state index contributed by atoms with van der Waals surface area (Å²) in [5.74, 6) is 1.52. The van der Waals surface area contributed by atoms with Crippen molar-refractivity contribution in [3.8, 4) is 45.7 Å². The van der Waals surface area contributed by atoms with Crippen molar-refractivity contribution in [2.75, 3.05) is 0 Å². The highest BCUT2D eigenvalue weighted by molar-refractivity contribution is 5.72. The van der Waals surface area contributed by atoms with Crippen molar-refractivity contribution < 1.29 is 10.2 Å². The maximum Gasteiger partial charge on any atom is 0.167 e. The monoisotopic (exact) mass is 453 g/mol. The van der Waals surface area contributed by atoms with Gasteiger partial charge in [0.2, 0.25) is 0 Å². The van der Waals surface area contributed by atoms with Crippen LogP contribution in [-0.2, 0) is 12.8 Å². The molecule has 0 bridgehead atoms. The smallest absolute Gasteiger partial charge is 0.167 e. The van der Waals surface area contributed by atoms with E-state index >= 15 is 0 Å². The van der Waals surface area contributed by atoms with Gasteiger partial charge in [0, 0.05) is 5.56 Å². The highest BCUT2D eigenvalue weighted by Gasteiger charge is 2.17. The van der Waals surface area contributed by atoms with Gasteiger partial charge in [-0.05, 0) is 61.1 Å². The van der Waals surface area contributed by atoms with Gasteiger partial charge in [-0.1, -0.05) is 69.2 Å². The number of aromatic hydroxyl groups is 2. The molecule has 0 spiro atoms. The molecule has 34 heavy (non-hydrogen) atoms. The maximum absolute atomic E-state index is 10.8. The Bertz CT molecular complexity index is 1180. The van der Waals surface area contributed by atoms with Crippen LogP contribution in [0.3, 0.4) is 0 Å². The molecule has 174 valence electrons. The summed E-state index contributed by atoms with van der Waals surface area (Å²) < 4.78 is 0. The summed E-state index contributed by atoms with van der Waals surface area (Å²) in [4.78, 5) is 14.0. The fraction of sp³-hybridized carbons (Fsp3) is 0.276. The minimum atomic E-state index is 0.143. The number of phenolic OH excluding ortho intramolecular Hbond substituents is 2. The lowest BCUT2D eigenvalue weighted by molar-refractivity contribution is 0.476. The molecule has 0 aliphatic rings.